The van der Waals surface area contributed by atoms with E-state index in [1.54, 1.807) is 38.1 Å². The number of halogens is 1. The summed E-state index contributed by atoms with van der Waals surface area (Å²) in [5, 5.41) is 5.21. The van der Waals surface area contributed by atoms with Crippen molar-refractivity contribution in [2.45, 2.75) is 25.3 Å². The summed E-state index contributed by atoms with van der Waals surface area (Å²) in [5.74, 6) is -0.245. The molecular formula is C15H16FNO3S. The molecule has 0 atom stereocenters. The fourth-order valence-electron chi connectivity index (χ4n) is 2.08. The van der Waals surface area contributed by atoms with Crippen LogP contribution in [0.4, 0.5) is 4.39 Å². The maximum Gasteiger partial charge on any atom is 0.241 e. The Kier molecular flexibility index (Phi) is 4.29. The first-order valence-corrected chi connectivity index (χ1v) is 7.84. The number of sulfonamides is 1. The minimum atomic E-state index is -3.91. The zero-order valence-corrected chi connectivity index (χ0v) is 12.6. The van der Waals surface area contributed by atoms with Crippen LogP contribution in [-0.2, 0) is 16.6 Å². The Bertz CT molecular complexity index is 772. The monoisotopic (exact) mass is 309 g/mol. The van der Waals surface area contributed by atoms with Crippen molar-refractivity contribution < 1.29 is 17.5 Å². The third kappa shape index (κ3) is 3.59. The van der Waals surface area contributed by atoms with Crippen molar-refractivity contribution in [3.8, 4) is 5.75 Å². The number of hydrogen-bond donors (Lipinski definition) is 1. The number of hydrogen-bond acceptors (Lipinski definition) is 3. The molecule has 0 heterocycles. The molecule has 4 nitrogen and oxygen atoms in total. The van der Waals surface area contributed by atoms with Crippen LogP contribution in [0.1, 0.15) is 16.7 Å². The van der Waals surface area contributed by atoms with E-state index in [0.29, 0.717) is 11.1 Å². The molecule has 0 spiro atoms. The summed E-state index contributed by atoms with van der Waals surface area (Å²) in [5.41, 5.74) is 1.74. The number of primary sulfonamides is 1. The molecule has 2 N–H and O–H groups in total. The van der Waals surface area contributed by atoms with Crippen molar-refractivity contribution in [2.24, 2.45) is 5.14 Å². The van der Waals surface area contributed by atoms with Gasteiger partial charge in [-0.2, -0.15) is 0 Å². The normalized spacial score (nSPS) is 11.4. The average molecular weight is 309 g/mol. The zero-order valence-electron chi connectivity index (χ0n) is 11.8. The summed E-state index contributed by atoms with van der Waals surface area (Å²) in [6.45, 7) is 3.42. The summed E-state index contributed by atoms with van der Waals surface area (Å²) in [6, 6.07) is 9.39. The van der Waals surface area contributed by atoms with Crippen LogP contribution >= 0.6 is 0 Å². The Labute approximate surface area is 123 Å². The number of aryl methyl sites for hydroxylation is 2. The van der Waals surface area contributed by atoms with Crippen LogP contribution in [0.3, 0.4) is 0 Å². The second-order valence-electron chi connectivity index (χ2n) is 4.83. The van der Waals surface area contributed by atoms with Gasteiger partial charge in [-0.3, -0.25) is 0 Å². The molecule has 0 saturated carbocycles. The largest absolute Gasteiger partial charge is 0.487 e. The highest BCUT2D eigenvalue weighted by atomic mass is 32.2. The molecule has 2 aromatic rings. The zero-order chi connectivity index (χ0) is 15.6. The molecule has 2 rings (SSSR count). The van der Waals surface area contributed by atoms with Gasteiger partial charge < -0.3 is 4.74 Å². The molecule has 0 unspecified atom stereocenters. The van der Waals surface area contributed by atoms with Crippen molar-refractivity contribution in [3.05, 3.63) is 58.9 Å². The first kappa shape index (κ1) is 15.5. The number of rotatable bonds is 4. The standard InChI is InChI=1S/C15H16FNO3S/c1-10-7-11(2)15(14(8-10)21(17,18)19)20-9-12-5-3-4-6-13(12)16/h3-8H,9H2,1-2H3,(H2,17,18,19). The molecule has 0 aliphatic heterocycles. The van der Waals surface area contributed by atoms with Gasteiger partial charge in [0.25, 0.3) is 0 Å². The van der Waals surface area contributed by atoms with E-state index in [0.717, 1.165) is 5.56 Å². The van der Waals surface area contributed by atoms with E-state index in [9.17, 15) is 12.8 Å². The molecule has 0 saturated heterocycles. The van der Waals surface area contributed by atoms with E-state index in [1.165, 1.54) is 12.1 Å². The summed E-state index contributed by atoms with van der Waals surface area (Å²) in [4.78, 5) is -0.0867. The molecule has 21 heavy (non-hydrogen) atoms. The molecule has 0 aromatic heterocycles. The molecule has 0 aliphatic rings. The van der Waals surface area contributed by atoms with Crippen LogP contribution < -0.4 is 9.88 Å². The summed E-state index contributed by atoms with van der Waals surface area (Å²) < 4.78 is 42.4. The minimum absolute atomic E-state index is 0.0703. The van der Waals surface area contributed by atoms with Gasteiger partial charge in [-0.05, 0) is 37.1 Å². The van der Waals surface area contributed by atoms with Crippen molar-refractivity contribution in [1.29, 1.82) is 0 Å². The predicted octanol–water partition coefficient (Wildman–Crippen LogP) is 2.67. The number of nitrogens with two attached hydrogens (primary N) is 1. The van der Waals surface area contributed by atoms with Gasteiger partial charge in [0, 0.05) is 5.56 Å². The van der Waals surface area contributed by atoms with Crippen LogP contribution in [0.15, 0.2) is 41.3 Å². The van der Waals surface area contributed by atoms with Crippen molar-refractivity contribution >= 4 is 10.0 Å². The maximum absolute atomic E-state index is 13.6. The van der Waals surface area contributed by atoms with Crippen molar-refractivity contribution in [2.75, 3.05) is 0 Å². The van der Waals surface area contributed by atoms with Gasteiger partial charge in [0.15, 0.2) is 0 Å². The molecule has 0 amide bonds. The summed E-state index contributed by atoms with van der Waals surface area (Å²) in [7, 11) is -3.91. The van der Waals surface area contributed by atoms with Gasteiger partial charge in [-0.1, -0.05) is 24.3 Å². The summed E-state index contributed by atoms with van der Waals surface area (Å²) >= 11 is 0. The smallest absolute Gasteiger partial charge is 0.241 e. The second kappa shape index (κ2) is 5.83. The van der Waals surface area contributed by atoms with E-state index in [-0.39, 0.29) is 17.3 Å². The molecule has 0 bridgehead atoms. The second-order valence-corrected chi connectivity index (χ2v) is 6.36. The third-order valence-electron chi connectivity index (χ3n) is 3.02. The highest BCUT2D eigenvalue weighted by Crippen LogP contribution is 2.29. The Hall–Kier alpha value is -1.92. The van der Waals surface area contributed by atoms with Crippen molar-refractivity contribution in [1.82, 2.24) is 0 Å². The van der Waals surface area contributed by atoms with Crippen molar-refractivity contribution in [3.63, 3.8) is 0 Å². The minimum Gasteiger partial charge on any atom is -0.487 e. The average Bonchev–Trinajstić information content (AvgIpc) is 2.37. The lowest BCUT2D eigenvalue weighted by molar-refractivity contribution is 0.290. The predicted molar refractivity (Wildman–Crippen MR) is 78.0 cm³/mol. The molecule has 6 heteroatoms. The molecule has 0 fully saturated rings. The quantitative estimate of drug-likeness (QED) is 0.944. The SMILES string of the molecule is Cc1cc(C)c(OCc2ccccc2F)c(S(N)(=O)=O)c1. The van der Waals surface area contributed by atoms with Gasteiger partial charge in [0.05, 0.1) is 0 Å². The number of benzene rings is 2. The molecular weight excluding hydrogens is 293 g/mol. The van der Waals surface area contributed by atoms with E-state index < -0.39 is 15.8 Å². The highest BCUT2D eigenvalue weighted by Gasteiger charge is 2.18. The third-order valence-corrected chi connectivity index (χ3v) is 3.94. The van der Waals surface area contributed by atoms with E-state index in [2.05, 4.69) is 0 Å². The van der Waals surface area contributed by atoms with Crippen LogP contribution in [0.25, 0.3) is 0 Å². The van der Waals surface area contributed by atoms with Crippen LogP contribution in [-0.4, -0.2) is 8.42 Å². The molecule has 0 aliphatic carbocycles. The Morgan fingerprint density at radius 2 is 1.86 bits per heavy atom. The van der Waals surface area contributed by atoms with Gasteiger partial charge in [0.2, 0.25) is 10.0 Å². The molecule has 0 radical (unpaired) electrons. The van der Waals surface area contributed by atoms with Gasteiger partial charge in [-0.25, -0.2) is 17.9 Å². The molecule has 112 valence electrons. The van der Waals surface area contributed by atoms with Crippen LogP contribution in [0.5, 0.6) is 5.75 Å². The Morgan fingerprint density at radius 1 is 1.19 bits per heavy atom. The van der Waals surface area contributed by atoms with Crippen LogP contribution in [0.2, 0.25) is 0 Å². The first-order chi connectivity index (χ1) is 9.79. The highest BCUT2D eigenvalue weighted by molar-refractivity contribution is 7.89. The topological polar surface area (TPSA) is 69.4 Å². The number of ether oxygens (including phenoxy) is 1. The van der Waals surface area contributed by atoms with Gasteiger partial charge >= 0.3 is 0 Å². The Morgan fingerprint density at radius 3 is 2.48 bits per heavy atom. The van der Waals surface area contributed by atoms with E-state index in [1.807, 2.05) is 0 Å². The van der Waals surface area contributed by atoms with Gasteiger partial charge in [0.1, 0.15) is 23.1 Å². The lowest BCUT2D eigenvalue weighted by Gasteiger charge is -2.14. The fraction of sp³-hybridized carbons (Fsp3) is 0.200. The first-order valence-electron chi connectivity index (χ1n) is 6.29. The van der Waals surface area contributed by atoms with Gasteiger partial charge in [-0.15, -0.1) is 0 Å². The summed E-state index contributed by atoms with van der Waals surface area (Å²) in [6.07, 6.45) is 0. The lowest BCUT2D eigenvalue weighted by atomic mass is 10.1. The lowest BCUT2D eigenvalue weighted by Crippen LogP contribution is -2.15. The Balaban J connectivity index is 2.39. The van der Waals surface area contributed by atoms with Crippen LogP contribution in [0, 0.1) is 19.7 Å². The molecule has 2 aromatic carbocycles. The van der Waals surface area contributed by atoms with E-state index >= 15 is 0 Å². The van der Waals surface area contributed by atoms with E-state index in [4.69, 9.17) is 9.88 Å². The maximum atomic E-state index is 13.6. The fourth-order valence-corrected chi connectivity index (χ4v) is 2.91.